The van der Waals surface area contributed by atoms with Crippen molar-refractivity contribution in [1.29, 1.82) is 5.41 Å². The molecule has 0 aromatic carbocycles. The second-order valence-electron chi connectivity index (χ2n) is 1.59. The van der Waals surface area contributed by atoms with Gasteiger partial charge in [-0.1, -0.05) is 0 Å². The number of hydrogen-bond donors (Lipinski definition) is 3. The van der Waals surface area contributed by atoms with Gasteiger partial charge in [-0.3, -0.25) is 0 Å². The Balaban J connectivity index is 3.66. The lowest BCUT2D eigenvalue weighted by Crippen LogP contribution is -2.19. The number of rotatable bonds is 4. The zero-order chi connectivity index (χ0) is 7.11. The summed E-state index contributed by atoms with van der Waals surface area (Å²) in [4.78, 5) is 0. The van der Waals surface area contributed by atoms with Crippen molar-refractivity contribution >= 4 is 6.21 Å². The molecule has 0 saturated carbocycles. The third-order valence-electron chi connectivity index (χ3n) is 0.908. The van der Waals surface area contributed by atoms with Crippen molar-refractivity contribution in [3.8, 4) is 0 Å². The fourth-order valence-corrected chi connectivity index (χ4v) is 0.527. The van der Waals surface area contributed by atoms with E-state index in [1.165, 1.54) is 6.21 Å². The Kier molecular flexibility index (Phi) is 4.82. The number of nitrogens with two attached hydrogens (primary N) is 1. The molecule has 3 heteroatoms. The summed E-state index contributed by atoms with van der Waals surface area (Å²) in [6.45, 7) is 3.33. The van der Waals surface area contributed by atoms with Crippen molar-refractivity contribution in [1.82, 2.24) is 5.32 Å². The monoisotopic (exact) mass is 127 g/mol. The van der Waals surface area contributed by atoms with Gasteiger partial charge >= 0.3 is 0 Å². The summed E-state index contributed by atoms with van der Waals surface area (Å²) in [6.07, 6.45) is 2.88. The van der Waals surface area contributed by atoms with Crippen LogP contribution in [0.25, 0.3) is 0 Å². The molecule has 0 unspecified atom stereocenters. The van der Waals surface area contributed by atoms with Gasteiger partial charge in [0.1, 0.15) is 0 Å². The molecule has 0 aliphatic carbocycles. The number of hydrogen-bond acceptors (Lipinski definition) is 3. The fraction of sp³-hybridized carbons (Fsp3) is 0.500. The molecular weight excluding hydrogens is 114 g/mol. The SMILES string of the molecule is CCN/C(=C\C=N)CN. The first kappa shape index (κ1) is 8.17. The second-order valence-corrected chi connectivity index (χ2v) is 1.59. The summed E-state index contributed by atoms with van der Waals surface area (Å²) in [5, 5.41) is 9.74. The predicted molar refractivity (Wildman–Crippen MR) is 39.6 cm³/mol. The molecule has 52 valence electrons. The van der Waals surface area contributed by atoms with E-state index in [9.17, 15) is 0 Å². The molecule has 0 aromatic rings. The fourth-order valence-electron chi connectivity index (χ4n) is 0.527. The minimum Gasteiger partial charge on any atom is -0.388 e. The zero-order valence-electron chi connectivity index (χ0n) is 5.65. The lowest BCUT2D eigenvalue weighted by molar-refractivity contribution is 0.825. The normalized spacial score (nSPS) is 11.1. The average molecular weight is 127 g/mol. The minimum absolute atomic E-state index is 0.475. The smallest absolute Gasteiger partial charge is 0.0329 e. The van der Waals surface area contributed by atoms with Crippen LogP contribution in [0, 0.1) is 5.41 Å². The summed E-state index contributed by atoms with van der Waals surface area (Å²) in [6, 6.07) is 0. The van der Waals surface area contributed by atoms with E-state index in [1.54, 1.807) is 6.08 Å². The summed E-state index contributed by atoms with van der Waals surface area (Å²) in [5.74, 6) is 0. The van der Waals surface area contributed by atoms with Crippen LogP contribution in [0.5, 0.6) is 0 Å². The third kappa shape index (κ3) is 3.73. The lowest BCUT2D eigenvalue weighted by Gasteiger charge is -2.02. The Morgan fingerprint density at radius 2 is 2.44 bits per heavy atom. The largest absolute Gasteiger partial charge is 0.388 e. The highest BCUT2D eigenvalue weighted by Crippen LogP contribution is 1.80. The van der Waals surface area contributed by atoms with Gasteiger partial charge in [0.2, 0.25) is 0 Å². The first-order valence-corrected chi connectivity index (χ1v) is 2.98. The van der Waals surface area contributed by atoms with Crippen molar-refractivity contribution in [2.24, 2.45) is 5.73 Å². The van der Waals surface area contributed by atoms with Gasteiger partial charge in [0.25, 0.3) is 0 Å². The maximum absolute atomic E-state index is 6.72. The van der Waals surface area contributed by atoms with Gasteiger partial charge in [0.15, 0.2) is 0 Å². The summed E-state index contributed by atoms with van der Waals surface area (Å²) in [7, 11) is 0. The highest BCUT2D eigenvalue weighted by Gasteiger charge is 1.85. The van der Waals surface area contributed by atoms with Crippen LogP contribution >= 0.6 is 0 Å². The van der Waals surface area contributed by atoms with Crippen molar-refractivity contribution in [2.45, 2.75) is 6.92 Å². The summed E-state index contributed by atoms with van der Waals surface area (Å²) in [5.41, 5.74) is 6.22. The van der Waals surface area contributed by atoms with Crippen LogP contribution in [0.3, 0.4) is 0 Å². The summed E-state index contributed by atoms with van der Waals surface area (Å²) < 4.78 is 0. The Bertz CT molecular complexity index is 107. The highest BCUT2D eigenvalue weighted by molar-refractivity contribution is 5.68. The molecule has 0 bridgehead atoms. The van der Waals surface area contributed by atoms with E-state index in [-0.39, 0.29) is 0 Å². The van der Waals surface area contributed by atoms with Crippen molar-refractivity contribution in [3.05, 3.63) is 11.8 Å². The molecule has 0 spiro atoms. The van der Waals surface area contributed by atoms with E-state index in [0.29, 0.717) is 6.54 Å². The molecule has 0 aliphatic rings. The Morgan fingerprint density at radius 3 is 2.78 bits per heavy atom. The number of nitrogens with one attached hydrogen (secondary N) is 2. The molecule has 9 heavy (non-hydrogen) atoms. The Hall–Kier alpha value is -0.830. The van der Waals surface area contributed by atoms with Crippen molar-refractivity contribution in [3.63, 3.8) is 0 Å². The average Bonchev–Trinajstić information content (AvgIpc) is 1.88. The lowest BCUT2D eigenvalue weighted by atomic mass is 10.4. The molecule has 0 heterocycles. The van der Waals surface area contributed by atoms with E-state index >= 15 is 0 Å². The van der Waals surface area contributed by atoms with Gasteiger partial charge in [0, 0.05) is 25.0 Å². The molecule has 0 radical (unpaired) electrons. The quantitative estimate of drug-likeness (QED) is 0.469. The predicted octanol–water partition coefficient (Wildman–Crippen LogP) is 0.0881. The second kappa shape index (κ2) is 5.31. The summed E-state index contributed by atoms with van der Waals surface area (Å²) >= 11 is 0. The van der Waals surface area contributed by atoms with Crippen LogP contribution in [0.15, 0.2) is 11.8 Å². The molecule has 0 aromatic heterocycles. The molecule has 0 aliphatic heterocycles. The van der Waals surface area contributed by atoms with Crippen LogP contribution < -0.4 is 11.1 Å². The Morgan fingerprint density at radius 1 is 1.78 bits per heavy atom. The van der Waals surface area contributed by atoms with Gasteiger partial charge in [0.05, 0.1) is 0 Å². The van der Waals surface area contributed by atoms with Crippen molar-refractivity contribution < 1.29 is 0 Å². The minimum atomic E-state index is 0.475. The third-order valence-corrected chi connectivity index (χ3v) is 0.908. The maximum Gasteiger partial charge on any atom is 0.0329 e. The highest BCUT2D eigenvalue weighted by atomic mass is 14.9. The van der Waals surface area contributed by atoms with Crippen LogP contribution in [-0.4, -0.2) is 19.3 Å². The molecule has 0 atom stereocenters. The van der Waals surface area contributed by atoms with E-state index in [4.69, 9.17) is 11.1 Å². The van der Waals surface area contributed by atoms with Crippen LogP contribution in [0.4, 0.5) is 0 Å². The van der Waals surface area contributed by atoms with Crippen LogP contribution in [0.2, 0.25) is 0 Å². The van der Waals surface area contributed by atoms with Gasteiger partial charge < -0.3 is 16.5 Å². The number of likely N-dealkylation sites (N-methyl/N-ethyl adjacent to an activating group) is 1. The van der Waals surface area contributed by atoms with Gasteiger partial charge in [-0.15, -0.1) is 0 Å². The van der Waals surface area contributed by atoms with Crippen molar-refractivity contribution in [2.75, 3.05) is 13.1 Å². The molecule has 0 amide bonds. The first-order valence-electron chi connectivity index (χ1n) is 2.98. The Labute approximate surface area is 55.4 Å². The first-order chi connectivity index (χ1) is 4.35. The molecule has 0 saturated heterocycles. The maximum atomic E-state index is 6.72. The van der Waals surface area contributed by atoms with Crippen LogP contribution in [-0.2, 0) is 0 Å². The topological polar surface area (TPSA) is 61.9 Å². The van der Waals surface area contributed by atoms with Crippen LogP contribution in [0.1, 0.15) is 6.92 Å². The van der Waals surface area contributed by atoms with Gasteiger partial charge in [-0.2, -0.15) is 0 Å². The van der Waals surface area contributed by atoms with Gasteiger partial charge in [-0.25, -0.2) is 0 Å². The van der Waals surface area contributed by atoms with E-state index < -0.39 is 0 Å². The van der Waals surface area contributed by atoms with E-state index in [1.807, 2.05) is 6.92 Å². The van der Waals surface area contributed by atoms with E-state index in [0.717, 1.165) is 12.2 Å². The standard InChI is InChI=1S/C6H13N3/c1-2-9-6(5-8)3-4-7/h3-4,7,9H,2,5,8H2,1H3/b6-3-,7-4?. The number of allylic oxidation sites excluding steroid dienone is 1. The molecule has 0 fully saturated rings. The zero-order valence-corrected chi connectivity index (χ0v) is 5.65. The molecule has 4 N–H and O–H groups in total. The van der Waals surface area contributed by atoms with E-state index in [2.05, 4.69) is 5.32 Å². The molecule has 3 nitrogen and oxygen atoms in total. The molecule has 0 rings (SSSR count). The van der Waals surface area contributed by atoms with Gasteiger partial charge in [-0.05, 0) is 13.0 Å². The molecular formula is C6H13N3.